The van der Waals surface area contributed by atoms with E-state index in [4.69, 9.17) is 12.3 Å². The van der Waals surface area contributed by atoms with E-state index in [1.165, 1.54) is 24.3 Å². The van der Waals surface area contributed by atoms with Gasteiger partial charge in [0, 0.05) is 17.5 Å². The molecule has 0 amide bonds. The normalized spacial score (nSPS) is 10.2. The van der Waals surface area contributed by atoms with Crippen LogP contribution in [0, 0.1) is 18.2 Å². The molecule has 2 heterocycles. The van der Waals surface area contributed by atoms with Crippen molar-refractivity contribution in [3.05, 3.63) is 83.2 Å². The average Bonchev–Trinajstić information content (AvgIpc) is 3.40. The first-order valence-corrected chi connectivity index (χ1v) is 8.96. The predicted molar refractivity (Wildman–Crippen MR) is 107 cm³/mol. The lowest BCUT2D eigenvalue weighted by molar-refractivity contribution is 0.627. The lowest BCUT2D eigenvalue weighted by atomic mass is 10.2. The van der Waals surface area contributed by atoms with Gasteiger partial charge in [-0.25, -0.2) is 25.3 Å². The van der Waals surface area contributed by atoms with Gasteiger partial charge in [-0.1, -0.05) is 0 Å². The predicted octanol–water partition coefficient (Wildman–Crippen LogP) is 3.14. The number of halogens is 2. The molecular formula is C20H18F2N8. The van der Waals surface area contributed by atoms with Crippen molar-refractivity contribution >= 4 is 0 Å². The van der Waals surface area contributed by atoms with Crippen molar-refractivity contribution in [1.82, 2.24) is 30.4 Å². The van der Waals surface area contributed by atoms with Crippen molar-refractivity contribution in [3.63, 3.8) is 0 Å². The second kappa shape index (κ2) is 9.99. The van der Waals surface area contributed by atoms with E-state index in [-0.39, 0.29) is 18.2 Å². The van der Waals surface area contributed by atoms with Crippen molar-refractivity contribution in [2.45, 2.75) is 13.0 Å². The molecule has 30 heavy (non-hydrogen) atoms. The van der Waals surface area contributed by atoms with Crippen molar-refractivity contribution in [1.29, 1.82) is 0 Å². The van der Waals surface area contributed by atoms with Crippen molar-refractivity contribution in [2.75, 3.05) is 6.54 Å². The summed E-state index contributed by atoms with van der Waals surface area (Å²) >= 11 is 0. The smallest absolute Gasteiger partial charge is 0.272 e. The maximum Gasteiger partial charge on any atom is 0.272 e. The summed E-state index contributed by atoms with van der Waals surface area (Å²) in [5, 5.41) is 13.4. The van der Waals surface area contributed by atoms with Gasteiger partial charge in [0.25, 0.3) is 6.54 Å². The fourth-order valence-corrected chi connectivity index (χ4v) is 2.44. The zero-order chi connectivity index (χ0) is 21.3. The number of aromatic amines is 2. The fraction of sp³-hybridized carbons (Fsp3) is 0.150. The summed E-state index contributed by atoms with van der Waals surface area (Å²) < 4.78 is 25.3. The first-order valence-electron chi connectivity index (χ1n) is 8.96. The van der Waals surface area contributed by atoms with Crippen LogP contribution in [0.2, 0.25) is 0 Å². The molecule has 0 aliphatic carbocycles. The molecule has 0 aliphatic heterocycles. The molecule has 0 fully saturated rings. The summed E-state index contributed by atoms with van der Waals surface area (Å²) in [5.74, 6) is 1.75. The second-order valence-corrected chi connectivity index (χ2v) is 6.08. The van der Waals surface area contributed by atoms with Gasteiger partial charge in [-0.15, -0.1) is 0 Å². The molecule has 10 heteroatoms. The molecule has 0 saturated carbocycles. The number of hydrogen-bond donors (Lipinski definition) is 3. The van der Waals surface area contributed by atoms with Gasteiger partial charge in [-0.2, -0.15) is 10.2 Å². The Bertz CT molecular complexity index is 1110. The van der Waals surface area contributed by atoms with Gasteiger partial charge in [0.15, 0.2) is 11.6 Å². The topological polar surface area (TPSA) is 114 Å². The number of benzene rings is 2. The molecule has 0 atom stereocenters. The summed E-state index contributed by atoms with van der Waals surface area (Å²) in [6.07, 6.45) is 0.661. The quantitative estimate of drug-likeness (QED) is 0.439. The van der Waals surface area contributed by atoms with E-state index in [2.05, 4.69) is 35.2 Å². The van der Waals surface area contributed by atoms with Crippen LogP contribution < -0.4 is 5.73 Å². The van der Waals surface area contributed by atoms with E-state index in [9.17, 15) is 8.78 Å². The Morgan fingerprint density at radius 1 is 0.800 bits per heavy atom. The summed E-state index contributed by atoms with van der Waals surface area (Å²) in [7, 11) is 0. The summed E-state index contributed by atoms with van der Waals surface area (Å²) in [6.45, 7) is 7.37. The van der Waals surface area contributed by atoms with E-state index >= 15 is 0 Å². The molecule has 0 aliphatic rings. The molecule has 2 aromatic heterocycles. The molecule has 0 radical (unpaired) electrons. The first-order chi connectivity index (χ1) is 14.6. The van der Waals surface area contributed by atoms with E-state index in [0.717, 1.165) is 17.0 Å². The molecule has 0 spiro atoms. The van der Waals surface area contributed by atoms with Crippen LogP contribution in [0.5, 0.6) is 0 Å². The van der Waals surface area contributed by atoms with E-state index < -0.39 is 0 Å². The molecule has 152 valence electrons. The molecule has 8 nitrogen and oxygen atoms in total. The molecule has 2 aromatic carbocycles. The van der Waals surface area contributed by atoms with Crippen LogP contribution in [-0.2, 0) is 13.0 Å². The van der Waals surface area contributed by atoms with E-state index in [1.54, 1.807) is 24.3 Å². The number of H-pyrrole nitrogens is 2. The van der Waals surface area contributed by atoms with Crippen LogP contribution in [0.25, 0.3) is 27.6 Å². The first kappa shape index (κ1) is 20.8. The summed E-state index contributed by atoms with van der Waals surface area (Å²) in [5.41, 5.74) is 6.90. The largest absolute Gasteiger partial charge is 0.330 e. The van der Waals surface area contributed by atoms with Crippen LogP contribution in [0.1, 0.15) is 11.6 Å². The monoisotopic (exact) mass is 408 g/mol. The number of hydrogen-bond acceptors (Lipinski definition) is 5. The van der Waals surface area contributed by atoms with Crippen LogP contribution in [0.3, 0.4) is 0 Å². The van der Waals surface area contributed by atoms with E-state index in [1.807, 2.05) is 0 Å². The Hall–Kier alpha value is -3.97. The minimum Gasteiger partial charge on any atom is -0.330 e. The molecular weight excluding hydrogens is 390 g/mol. The van der Waals surface area contributed by atoms with Crippen LogP contribution in [0.15, 0.2) is 48.5 Å². The van der Waals surface area contributed by atoms with Gasteiger partial charge in [0.2, 0.25) is 5.82 Å². The third-order valence-electron chi connectivity index (χ3n) is 3.88. The Morgan fingerprint density at radius 3 is 1.73 bits per heavy atom. The molecule has 4 aromatic rings. The van der Waals surface area contributed by atoms with Gasteiger partial charge >= 0.3 is 0 Å². The lowest BCUT2D eigenvalue weighted by Gasteiger charge is -1.93. The van der Waals surface area contributed by atoms with Gasteiger partial charge in [-0.05, 0) is 55.1 Å². The highest BCUT2D eigenvalue weighted by molar-refractivity contribution is 5.54. The fourth-order valence-electron chi connectivity index (χ4n) is 2.44. The van der Waals surface area contributed by atoms with E-state index in [0.29, 0.717) is 30.4 Å². The number of nitrogens with one attached hydrogen (secondary N) is 2. The Kier molecular flexibility index (Phi) is 6.91. The number of rotatable bonds is 5. The van der Waals surface area contributed by atoms with Crippen LogP contribution >= 0.6 is 0 Å². The van der Waals surface area contributed by atoms with Gasteiger partial charge in [-0.3, -0.25) is 10.2 Å². The Balaban J connectivity index is 0.000000171. The Labute approximate surface area is 171 Å². The van der Waals surface area contributed by atoms with Crippen molar-refractivity contribution in [3.8, 4) is 22.8 Å². The number of nitrogens with zero attached hydrogens (tertiary/aromatic N) is 5. The minimum atomic E-state index is -0.296. The van der Waals surface area contributed by atoms with Crippen molar-refractivity contribution in [2.24, 2.45) is 5.73 Å². The lowest BCUT2D eigenvalue weighted by Crippen LogP contribution is -2.03. The maximum atomic E-state index is 12.7. The summed E-state index contributed by atoms with van der Waals surface area (Å²) in [4.78, 5) is 11.5. The molecule has 4 rings (SSSR count). The van der Waals surface area contributed by atoms with Crippen LogP contribution in [-0.4, -0.2) is 36.9 Å². The molecule has 4 N–H and O–H groups in total. The van der Waals surface area contributed by atoms with Gasteiger partial charge < -0.3 is 10.6 Å². The van der Waals surface area contributed by atoms with Crippen LogP contribution in [0.4, 0.5) is 8.78 Å². The number of nitrogens with two attached hydrogens (primary N) is 1. The molecule has 0 bridgehead atoms. The third-order valence-corrected chi connectivity index (χ3v) is 3.88. The third kappa shape index (κ3) is 5.52. The zero-order valence-corrected chi connectivity index (χ0v) is 15.8. The highest BCUT2D eigenvalue weighted by atomic mass is 19.1. The van der Waals surface area contributed by atoms with Crippen molar-refractivity contribution < 1.29 is 8.78 Å². The maximum absolute atomic E-state index is 12.7. The minimum absolute atomic E-state index is 0.175. The Morgan fingerprint density at radius 2 is 1.27 bits per heavy atom. The second-order valence-electron chi connectivity index (χ2n) is 6.08. The highest BCUT2D eigenvalue weighted by Gasteiger charge is 2.07. The highest BCUT2D eigenvalue weighted by Crippen LogP contribution is 2.15. The number of aromatic nitrogens is 6. The SMILES string of the molecule is NCCc1nc(-c2ccc(F)cc2)n[nH]1.[C-]#[N+]Cc1nc(-c2ccc(F)cc2)n[nH]1. The van der Waals surface area contributed by atoms with Gasteiger partial charge in [0.05, 0.1) is 0 Å². The van der Waals surface area contributed by atoms with Gasteiger partial charge in [0.1, 0.15) is 17.5 Å². The zero-order valence-electron chi connectivity index (χ0n) is 15.8. The molecule has 0 saturated heterocycles. The molecule has 0 unspecified atom stereocenters. The average molecular weight is 408 g/mol. The summed E-state index contributed by atoms with van der Waals surface area (Å²) in [6, 6.07) is 11.9. The standard InChI is InChI=1S/C10H7FN4.C10H11FN4/c1-12-6-9-13-10(15-14-9)7-2-4-8(11)5-3-7;11-8-3-1-7(2-4-8)10-13-9(5-6-12)14-15-10/h2-5H,6H2,(H,13,14,15);1-4H,5-6,12H2,(H,13,14,15).